The highest BCUT2D eigenvalue weighted by Gasteiger charge is 2.59. The number of nitrogens with zero attached hydrogens (tertiary/aromatic N) is 1. The van der Waals surface area contributed by atoms with Crippen LogP contribution in [0.15, 0.2) is 47.1 Å². The van der Waals surface area contributed by atoms with Gasteiger partial charge in [-0.05, 0) is 36.3 Å². The lowest BCUT2D eigenvalue weighted by Crippen LogP contribution is -2.40. The first-order valence-electron chi connectivity index (χ1n) is 8.26. The quantitative estimate of drug-likeness (QED) is 0.940. The number of aliphatic carboxylic acids is 1. The minimum absolute atomic E-state index is 0.0754. The molecule has 24 heavy (non-hydrogen) atoms. The van der Waals surface area contributed by atoms with Gasteiger partial charge in [0.1, 0.15) is 0 Å². The highest BCUT2D eigenvalue weighted by Crippen LogP contribution is 2.59. The predicted octanol–water partition coefficient (Wildman–Crippen LogP) is 3.27. The third-order valence-corrected chi connectivity index (χ3v) is 5.48. The third kappa shape index (κ3) is 2.40. The Kier molecular flexibility index (Phi) is 3.44. The predicted molar refractivity (Wildman–Crippen MR) is 87.5 cm³/mol. The van der Waals surface area contributed by atoms with E-state index in [4.69, 9.17) is 9.52 Å². The molecule has 4 rings (SSSR count). The zero-order valence-corrected chi connectivity index (χ0v) is 13.3. The van der Waals surface area contributed by atoms with E-state index in [1.54, 1.807) is 11.2 Å². The molecule has 1 aliphatic heterocycles. The van der Waals surface area contributed by atoms with Crippen molar-refractivity contribution in [1.82, 2.24) is 4.90 Å². The molecule has 1 aromatic carbocycles. The standard InChI is InChI=1S/C19H19NO4/c21-17(16-14(6-11-24-16)13-4-2-1-3-5-13)20-9-7-19(8-10-20)12-15(19)18(22)23/h1-6,11,15H,7-10,12H2,(H,22,23). The van der Waals surface area contributed by atoms with Crippen LogP contribution in [0.5, 0.6) is 0 Å². The van der Waals surface area contributed by atoms with Gasteiger partial charge in [-0.1, -0.05) is 30.3 Å². The van der Waals surface area contributed by atoms with E-state index >= 15 is 0 Å². The summed E-state index contributed by atoms with van der Waals surface area (Å²) in [6.45, 7) is 1.19. The Balaban J connectivity index is 1.49. The lowest BCUT2D eigenvalue weighted by atomic mass is 9.90. The number of amides is 1. The van der Waals surface area contributed by atoms with Crippen LogP contribution in [0.1, 0.15) is 29.8 Å². The summed E-state index contributed by atoms with van der Waals surface area (Å²) in [6.07, 6.45) is 3.82. The van der Waals surface area contributed by atoms with Gasteiger partial charge < -0.3 is 14.4 Å². The Morgan fingerprint density at radius 3 is 2.46 bits per heavy atom. The molecule has 0 bridgehead atoms. The van der Waals surface area contributed by atoms with Crippen LogP contribution < -0.4 is 0 Å². The molecule has 1 unspecified atom stereocenters. The molecule has 2 aromatic rings. The molecule has 124 valence electrons. The Hall–Kier alpha value is -2.56. The molecule has 1 atom stereocenters. The number of carbonyl (C=O) groups is 2. The number of piperidine rings is 1. The number of likely N-dealkylation sites (tertiary alicyclic amines) is 1. The second kappa shape index (κ2) is 5.51. The van der Waals surface area contributed by atoms with Gasteiger partial charge in [0, 0.05) is 18.7 Å². The zero-order valence-electron chi connectivity index (χ0n) is 13.3. The van der Waals surface area contributed by atoms with Gasteiger partial charge in [0.05, 0.1) is 12.2 Å². The van der Waals surface area contributed by atoms with Crippen LogP contribution in [-0.2, 0) is 4.79 Å². The first-order chi connectivity index (χ1) is 11.6. The molecular weight excluding hydrogens is 306 g/mol. The van der Waals surface area contributed by atoms with Gasteiger partial charge in [-0.3, -0.25) is 9.59 Å². The van der Waals surface area contributed by atoms with Crippen LogP contribution in [0.2, 0.25) is 0 Å². The summed E-state index contributed by atoms with van der Waals surface area (Å²) in [7, 11) is 0. The van der Waals surface area contributed by atoms with Crippen molar-refractivity contribution in [2.24, 2.45) is 11.3 Å². The van der Waals surface area contributed by atoms with E-state index in [0.717, 1.165) is 30.4 Å². The molecule has 5 nitrogen and oxygen atoms in total. The fourth-order valence-electron chi connectivity index (χ4n) is 3.87. The van der Waals surface area contributed by atoms with Crippen LogP contribution in [0.25, 0.3) is 11.1 Å². The molecule has 1 aliphatic carbocycles. The van der Waals surface area contributed by atoms with E-state index in [9.17, 15) is 9.59 Å². The minimum atomic E-state index is -0.702. The zero-order chi connectivity index (χ0) is 16.7. The maximum atomic E-state index is 12.8. The largest absolute Gasteiger partial charge is 0.481 e. The Bertz CT molecular complexity index is 772. The van der Waals surface area contributed by atoms with Gasteiger partial charge in [-0.15, -0.1) is 0 Å². The summed E-state index contributed by atoms with van der Waals surface area (Å²) < 4.78 is 5.48. The molecule has 1 saturated carbocycles. The second-order valence-corrected chi connectivity index (χ2v) is 6.78. The summed E-state index contributed by atoms with van der Waals surface area (Å²) in [5.74, 6) is -0.672. The van der Waals surface area contributed by atoms with Crippen molar-refractivity contribution in [3.8, 4) is 11.1 Å². The molecule has 0 radical (unpaired) electrons. The molecule has 2 heterocycles. The number of benzene rings is 1. The van der Waals surface area contributed by atoms with E-state index in [1.807, 2.05) is 36.4 Å². The molecule has 2 aliphatic rings. The number of carboxylic acid groups (broad SMARTS) is 1. The fraction of sp³-hybridized carbons (Fsp3) is 0.368. The SMILES string of the molecule is O=C(O)C1CC12CCN(C(=O)c1occc1-c1ccccc1)CC2. The van der Waals surface area contributed by atoms with Crippen molar-refractivity contribution in [3.63, 3.8) is 0 Å². The summed E-state index contributed by atoms with van der Waals surface area (Å²) in [6, 6.07) is 11.5. The van der Waals surface area contributed by atoms with Crippen LogP contribution >= 0.6 is 0 Å². The number of rotatable bonds is 3. The molecule has 1 amide bonds. The molecule has 1 N–H and O–H groups in total. The summed E-state index contributed by atoms with van der Waals surface area (Å²) in [4.78, 5) is 25.7. The van der Waals surface area contributed by atoms with Gasteiger partial charge in [0.2, 0.25) is 0 Å². The lowest BCUT2D eigenvalue weighted by Gasteiger charge is -2.32. The van der Waals surface area contributed by atoms with Crippen molar-refractivity contribution < 1.29 is 19.1 Å². The normalized spacial score (nSPS) is 21.7. The highest BCUT2D eigenvalue weighted by molar-refractivity contribution is 5.98. The fourth-order valence-corrected chi connectivity index (χ4v) is 3.87. The van der Waals surface area contributed by atoms with E-state index in [-0.39, 0.29) is 17.2 Å². The molecule has 1 saturated heterocycles. The number of hydrogen-bond donors (Lipinski definition) is 1. The first kappa shape index (κ1) is 15.0. The van der Waals surface area contributed by atoms with Crippen LogP contribution in [0.3, 0.4) is 0 Å². The van der Waals surface area contributed by atoms with Crippen LogP contribution in [-0.4, -0.2) is 35.0 Å². The average molecular weight is 325 g/mol. The molecular formula is C19H19NO4. The van der Waals surface area contributed by atoms with Crippen molar-refractivity contribution in [2.75, 3.05) is 13.1 Å². The summed E-state index contributed by atoms with van der Waals surface area (Å²) >= 11 is 0. The van der Waals surface area contributed by atoms with Gasteiger partial charge in [0.15, 0.2) is 5.76 Å². The second-order valence-electron chi connectivity index (χ2n) is 6.78. The van der Waals surface area contributed by atoms with E-state index in [0.29, 0.717) is 18.8 Å². The van der Waals surface area contributed by atoms with E-state index in [2.05, 4.69) is 0 Å². The first-order valence-corrected chi connectivity index (χ1v) is 8.26. The summed E-state index contributed by atoms with van der Waals surface area (Å²) in [5.41, 5.74) is 1.68. The Labute approximate surface area is 139 Å². The average Bonchev–Trinajstić information content (AvgIpc) is 3.09. The third-order valence-electron chi connectivity index (χ3n) is 5.48. The smallest absolute Gasteiger partial charge is 0.307 e. The Morgan fingerprint density at radius 1 is 1.12 bits per heavy atom. The van der Waals surface area contributed by atoms with Gasteiger partial charge in [0.25, 0.3) is 5.91 Å². The maximum Gasteiger partial charge on any atom is 0.307 e. The maximum absolute atomic E-state index is 12.8. The monoisotopic (exact) mass is 325 g/mol. The van der Waals surface area contributed by atoms with Gasteiger partial charge in [-0.2, -0.15) is 0 Å². The number of carboxylic acids is 1. The van der Waals surface area contributed by atoms with Gasteiger partial charge in [-0.25, -0.2) is 0 Å². The highest BCUT2D eigenvalue weighted by atomic mass is 16.4. The van der Waals surface area contributed by atoms with Crippen LogP contribution in [0.4, 0.5) is 0 Å². The van der Waals surface area contributed by atoms with Crippen molar-refractivity contribution in [2.45, 2.75) is 19.3 Å². The number of hydrogen-bond acceptors (Lipinski definition) is 3. The van der Waals surface area contributed by atoms with Crippen LogP contribution in [0, 0.1) is 11.3 Å². The molecule has 5 heteroatoms. The van der Waals surface area contributed by atoms with Crippen molar-refractivity contribution in [1.29, 1.82) is 0 Å². The molecule has 2 fully saturated rings. The van der Waals surface area contributed by atoms with E-state index < -0.39 is 5.97 Å². The van der Waals surface area contributed by atoms with Gasteiger partial charge >= 0.3 is 5.97 Å². The summed E-state index contributed by atoms with van der Waals surface area (Å²) in [5, 5.41) is 9.16. The molecule has 1 aromatic heterocycles. The minimum Gasteiger partial charge on any atom is -0.481 e. The Morgan fingerprint density at radius 2 is 1.83 bits per heavy atom. The lowest BCUT2D eigenvalue weighted by molar-refractivity contribution is -0.139. The molecule has 1 spiro atoms. The topological polar surface area (TPSA) is 70.8 Å². The van der Waals surface area contributed by atoms with Crippen molar-refractivity contribution in [3.05, 3.63) is 48.4 Å². The van der Waals surface area contributed by atoms with Crippen molar-refractivity contribution >= 4 is 11.9 Å². The number of carbonyl (C=O) groups excluding carboxylic acids is 1. The number of furan rings is 1. The van der Waals surface area contributed by atoms with E-state index in [1.165, 1.54) is 0 Å².